The van der Waals surface area contributed by atoms with Crippen molar-refractivity contribution in [2.45, 2.75) is 19.5 Å². The Morgan fingerprint density at radius 3 is 2.48 bits per heavy atom. The van der Waals surface area contributed by atoms with Gasteiger partial charge in [-0.05, 0) is 48.4 Å². The van der Waals surface area contributed by atoms with Crippen molar-refractivity contribution in [1.82, 2.24) is 4.90 Å². The van der Waals surface area contributed by atoms with Gasteiger partial charge in [0.15, 0.2) is 11.5 Å². The van der Waals surface area contributed by atoms with E-state index in [0.29, 0.717) is 28.4 Å². The number of amides is 1. The number of carbonyl (C=O) groups is 2. The number of methoxy groups -OCH3 is 2. The van der Waals surface area contributed by atoms with Gasteiger partial charge >= 0.3 is 0 Å². The van der Waals surface area contributed by atoms with Crippen LogP contribution in [-0.4, -0.2) is 35.9 Å². The molecular weight excluding hydrogens is 429 g/mol. The summed E-state index contributed by atoms with van der Waals surface area (Å²) in [6.45, 7) is 1.58. The number of aryl methyl sites for hydroxylation is 1. The first-order chi connectivity index (χ1) is 15.8. The number of aliphatic hydroxyl groups is 1. The van der Waals surface area contributed by atoms with E-state index in [2.05, 4.69) is 0 Å². The highest BCUT2D eigenvalue weighted by Crippen LogP contribution is 2.42. The maximum Gasteiger partial charge on any atom is 0.296 e. The fourth-order valence-electron chi connectivity index (χ4n) is 3.88. The molecule has 2 aromatic carbocycles. The first kappa shape index (κ1) is 22.1. The molecule has 0 aliphatic carbocycles. The van der Waals surface area contributed by atoms with Crippen molar-refractivity contribution in [3.05, 3.63) is 88.6 Å². The van der Waals surface area contributed by atoms with Gasteiger partial charge in [0, 0.05) is 5.56 Å². The van der Waals surface area contributed by atoms with Crippen molar-refractivity contribution in [2.24, 2.45) is 0 Å². The van der Waals surface area contributed by atoms with Gasteiger partial charge in [0.25, 0.3) is 11.7 Å². The van der Waals surface area contributed by atoms with Gasteiger partial charge in [-0.25, -0.2) is 4.39 Å². The third-order valence-electron chi connectivity index (χ3n) is 5.61. The summed E-state index contributed by atoms with van der Waals surface area (Å²) in [4.78, 5) is 27.4. The second kappa shape index (κ2) is 8.82. The monoisotopic (exact) mass is 451 g/mol. The van der Waals surface area contributed by atoms with Crippen molar-refractivity contribution in [2.75, 3.05) is 14.2 Å². The van der Waals surface area contributed by atoms with Crippen molar-refractivity contribution in [3.8, 4) is 11.5 Å². The highest BCUT2D eigenvalue weighted by molar-refractivity contribution is 6.46. The van der Waals surface area contributed by atoms with Gasteiger partial charge in [0.1, 0.15) is 17.3 Å². The Hall–Kier alpha value is -4.07. The number of furan rings is 1. The van der Waals surface area contributed by atoms with Crippen molar-refractivity contribution >= 4 is 17.4 Å². The molecule has 1 aliphatic heterocycles. The number of ether oxygens (including phenoxy) is 2. The van der Waals surface area contributed by atoms with Gasteiger partial charge in [-0.15, -0.1) is 0 Å². The van der Waals surface area contributed by atoms with Crippen LogP contribution in [0.2, 0.25) is 0 Å². The normalized spacial score (nSPS) is 17.5. The molecule has 1 unspecified atom stereocenters. The summed E-state index contributed by atoms with van der Waals surface area (Å²) in [5, 5.41) is 11.1. The lowest BCUT2D eigenvalue weighted by molar-refractivity contribution is -0.140. The van der Waals surface area contributed by atoms with E-state index in [4.69, 9.17) is 13.9 Å². The Morgan fingerprint density at radius 1 is 1.09 bits per heavy atom. The molecule has 4 rings (SSSR count). The fourth-order valence-corrected chi connectivity index (χ4v) is 3.88. The molecule has 2 heterocycles. The van der Waals surface area contributed by atoms with Crippen LogP contribution in [0.15, 0.2) is 64.8 Å². The summed E-state index contributed by atoms with van der Waals surface area (Å²) in [6.07, 6.45) is 1.46. The number of aliphatic hydroxyl groups excluding tert-OH is 1. The molecule has 1 aliphatic rings. The lowest BCUT2D eigenvalue weighted by Gasteiger charge is -2.25. The molecule has 1 fully saturated rings. The second-order valence-electron chi connectivity index (χ2n) is 7.58. The molecule has 7 nitrogen and oxygen atoms in total. The van der Waals surface area contributed by atoms with E-state index >= 15 is 0 Å². The number of ketones is 1. The van der Waals surface area contributed by atoms with Crippen molar-refractivity contribution in [1.29, 1.82) is 0 Å². The average Bonchev–Trinajstić information content (AvgIpc) is 3.42. The van der Waals surface area contributed by atoms with E-state index in [0.717, 1.165) is 6.07 Å². The minimum atomic E-state index is -0.959. The van der Waals surface area contributed by atoms with E-state index in [9.17, 15) is 19.1 Å². The van der Waals surface area contributed by atoms with E-state index in [-0.39, 0.29) is 17.7 Å². The van der Waals surface area contributed by atoms with Crippen LogP contribution >= 0.6 is 0 Å². The van der Waals surface area contributed by atoms with Crippen LogP contribution in [0.4, 0.5) is 4.39 Å². The lowest BCUT2D eigenvalue weighted by atomic mass is 9.94. The molecule has 1 amide bonds. The summed E-state index contributed by atoms with van der Waals surface area (Å²) in [5.74, 6) is -1.37. The summed E-state index contributed by atoms with van der Waals surface area (Å²) in [5.41, 5.74) is 0.843. The number of benzene rings is 2. The predicted molar refractivity (Wildman–Crippen MR) is 117 cm³/mol. The number of Topliss-reactive ketones (excluding diaryl/α,β-unsaturated/α-hetero) is 1. The Labute approximate surface area is 189 Å². The zero-order valence-electron chi connectivity index (χ0n) is 18.3. The molecule has 0 bridgehead atoms. The molecule has 3 aromatic rings. The molecule has 1 atom stereocenters. The molecular formula is C25H22FNO6. The van der Waals surface area contributed by atoms with Gasteiger partial charge in [0.05, 0.1) is 38.6 Å². The minimum absolute atomic E-state index is 0.00434. The Kier molecular flexibility index (Phi) is 5.91. The molecule has 0 saturated carbocycles. The van der Waals surface area contributed by atoms with Crippen LogP contribution in [0.3, 0.4) is 0 Å². The molecule has 0 spiro atoms. The lowest BCUT2D eigenvalue weighted by Crippen LogP contribution is -2.29. The average molecular weight is 451 g/mol. The van der Waals surface area contributed by atoms with E-state index in [1.54, 1.807) is 37.3 Å². The number of likely N-dealkylation sites (tertiary alicyclic amines) is 1. The van der Waals surface area contributed by atoms with Crippen LogP contribution in [0.5, 0.6) is 11.5 Å². The molecule has 170 valence electrons. The standard InChI is InChI=1S/C25H22FNO6/c1-14-6-7-16(11-18(14)26)23(28)21-22(15-8-9-19(31-2)20(12-15)32-3)27(25(30)24(21)29)13-17-5-4-10-33-17/h4-12,22,28H,13H2,1-3H3/b23-21-. The number of rotatable bonds is 6. The number of halogens is 1. The first-order valence-corrected chi connectivity index (χ1v) is 10.1. The second-order valence-corrected chi connectivity index (χ2v) is 7.58. The molecule has 33 heavy (non-hydrogen) atoms. The SMILES string of the molecule is COc1ccc(C2/C(=C(/O)c3ccc(C)c(F)c3)C(=O)C(=O)N2Cc2ccco2)cc1OC. The van der Waals surface area contributed by atoms with Crippen molar-refractivity contribution in [3.63, 3.8) is 0 Å². The first-order valence-electron chi connectivity index (χ1n) is 10.1. The maximum atomic E-state index is 14.2. The van der Waals surface area contributed by atoms with Crippen LogP contribution in [0.1, 0.15) is 28.5 Å². The summed E-state index contributed by atoms with van der Waals surface area (Å²) < 4.78 is 30.2. The smallest absolute Gasteiger partial charge is 0.296 e. The van der Waals surface area contributed by atoms with Gasteiger partial charge in [0.2, 0.25) is 0 Å². The molecule has 1 aromatic heterocycles. The number of hydrogen-bond donors (Lipinski definition) is 1. The number of nitrogens with zero attached hydrogens (tertiary/aromatic N) is 1. The van der Waals surface area contributed by atoms with Crippen LogP contribution in [0, 0.1) is 12.7 Å². The van der Waals surface area contributed by atoms with Crippen LogP contribution in [-0.2, 0) is 16.1 Å². The van der Waals surface area contributed by atoms with Gasteiger partial charge in [-0.1, -0.05) is 18.2 Å². The van der Waals surface area contributed by atoms with Crippen molar-refractivity contribution < 1.29 is 33.0 Å². The summed E-state index contributed by atoms with van der Waals surface area (Å²) in [6, 6.07) is 11.5. The zero-order chi connectivity index (χ0) is 23.7. The third kappa shape index (κ3) is 3.95. The van der Waals surface area contributed by atoms with E-state index < -0.39 is 29.3 Å². The summed E-state index contributed by atoms with van der Waals surface area (Å²) in [7, 11) is 2.96. The van der Waals surface area contributed by atoms with E-state index in [1.165, 1.54) is 37.5 Å². The maximum absolute atomic E-state index is 14.2. The third-order valence-corrected chi connectivity index (χ3v) is 5.61. The Balaban J connectivity index is 1.90. The fraction of sp³-hybridized carbons (Fsp3) is 0.200. The molecule has 0 radical (unpaired) electrons. The minimum Gasteiger partial charge on any atom is -0.507 e. The topological polar surface area (TPSA) is 89.2 Å². The molecule has 1 saturated heterocycles. The largest absolute Gasteiger partial charge is 0.507 e. The highest BCUT2D eigenvalue weighted by atomic mass is 19.1. The molecule has 8 heteroatoms. The Morgan fingerprint density at radius 2 is 1.85 bits per heavy atom. The van der Waals surface area contributed by atoms with Gasteiger partial charge in [-0.3, -0.25) is 9.59 Å². The number of hydrogen-bond acceptors (Lipinski definition) is 6. The van der Waals surface area contributed by atoms with Gasteiger partial charge in [-0.2, -0.15) is 0 Å². The quantitative estimate of drug-likeness (QED) is 0.340. The van der Waals surface area contributed by atoms with Gasteiger partial charge < -0.3 is 23.9 Å². The molecule has 1 N–H and O–H groups in total. The highest BCUT2D eigenvalue weighted by Gasteiger charge is 2.46. The van der Waals surface area contributed by atoms with Crippen LogP contribution in [0.25, 0.3) is 5.76 Å². The van der Waals surface area contributed by atoms with Crippen LogP contribution < -0.4 is 9.47 Å². The predicted octanol–water partition coefficient (Wildman–Crippen LogP) is 4.37. The Bertz CT molecular complexity index is 1250. The number of carbonyl (C=O) groups excluding carboxylic acids is 2. The summed E-state index contributed by atoms with van der Waals surface area (Å²) >= 11 is 0. The van der Waals surface area contributed by atoms with E-state index in [1.807, 2.05) is 0 Å². The zero-order valence-corrected chi connectivity index (χ0v) is 18.3.